The molecule has 0 aliphatic carbocycles. The first-order valence-corrected chi connectivity index (χ1v) is 11.5. The Kier molecular flexibility index (Phi) is 7.26. The van der Waals surface area contributed by atoms with E-state index in [-0.39, 0.29) is 18.4 Å². The second kappa shape index (κ2) is 10.7. The first kappa shape index (κ1) is 23.8. The van der Waals surface area contributed by atoms with Gasteiger partial charge in [0.25, 0.3) is 5.91 Å². The van der Waals surface area contributed by atoms with Gasteiger partial charge in [-0.15, -0.1) is 0 Å². The van der Waals surface area contributed by atoms with Gasteiger partial charge in [0.2, 0.25) is 5.91 Å². The predicted molar refractivity (Wildman–Crippen MR) is 137 cm³/mol. The van der Waals surface area contributed by atoms with E-state index in [0.29, 0.717) is 22.8 Å². The lowest BCUT2D eigenvalue weighted by Crippen LogP contribution is -2.39. The average Bonchev–Trinajstić information content (AvgIpc) is 2.86. The van der Waals surface area contributed by atoms with Crippen LogP contribution < -0.4 is 21.1 Å². The number of carbonyl (C=O) groups excluding carboxylic acids is 2. The summed E-state index contributed by atoms with van der Waals surface area (Å²) in [5, 5.41) is 7.07. The molecule has 35 heavy (non-hydrogen) atoms. The summed E-state index contributed by atoms with van der Waals surface area (Å²) in [6.45, 7) is 4.06. The lowest BCUT2D eigenvalue weighted by molar-refractivity contribution is -0.119. The monoisotopic (exact) mass is 468 g/mol. The van der Waals surface area contributed by atoms with Crippen molar-refractivity contribution < 1.29 is 14.3 Å². The van der Waals surface area contributed by atoms with Gasteiger partial charge in [0.1, 0.15) is 17.5 Å². The van der Waals surface area contributed by atoms with Crippen LogP contribution in [0, 0.1) is 5.92 Å². The number of carbonyl (C=O) groups is 2. The third-order valence-corrected chi connectivity index (χ3v) is 5.59. The minimum Gasteiger partial charge on any atom is -0.457 e. The molecule has 178 valence electrons. The maximum atomic E-state index is 13.0. The molecule has 0 radical (unpaired) electrons. The number of primary amides is 1. The third-order valence-electron chi connectivity index (χ3n) is 5.59. The molecule has 1 atom stereocenters. The fraction of sp³-hybridized carbons (Fsp3) is 0.179. The van der Waals surface area contributed by atoms with E-state index in [2.05, 4.69) is 15.6 Å². The average molecular weight is 469 g/mol. The van der Waals surface area contributed by atoms with Crippen molar-refractivity contribution in [2.24, 2.45) is 11.7 Å². The smallest absolute Gasteiger partial charge is 0.255 e. The number of nitrogens with one attached hydrogen (secondary N) is 2. The highest BCUT2D eigenvalue weighted by atomic mass is 16.5. The first-order valence-electron chi connectivity index (χ1n) is 11.5. The first-order chi connectivity index (χ1) is 16.9. The number of hydrogen-bond donors (Lipinski definition) is 3. The number of fused-ring (bicyclic) bond motifs is 1. The number of anilines is 1. The number of ether oxygens (including phenoxy) is 1. The summed E-state index contributed by atoms with van der Waals surface area (Å²) >= 11 is 0. The normalized spacial score (nSPS) is 11.7. The molecule has 0 spiro atoms. The number of rotatable bonds is 9. The Morgan fingerprint density at radius 2 is 1.63 bits per heavy atom. The van der Waals surface area contributed by atoms with Crippen molar-refractivity contribution in [2.45, 2.75) is 26.4 Å². The highest BCUT2D eigenvalue weighted by molar-refractivity contribution is 5.97. The van der Waals surface area contributed by atoms with Gasteiger partial charge in [-0.25, -0.2) is 0 Å². The minimum absolute atomic E-state index is 0.00342. The van der Waals surface area contributed by atoms with Crippen LogP contribution in [0.2, 0.25) is 0 Å². The second-order valence-corrected chi connectivity index (χ2v) is 8.54. The number of pyridine rings is 1. The Bertz CT molecular complexity index is 1340. The van der Waals surface area contributed by atoms with Gasteiger partial charge < -0.3 is 21.1 Å². The molecule has 0 saturated carbocycles. The van der Waals surface area contributed by atoms with Gasteiger partial charge >= 0.3 is 0 Å². The number of para-hydroxylation sites is 3. The van der Waals surface area contributed by atoms with Gasteiger partial charge in [0, 0.05) is 11.1 Å². The third kappa shape index (κ3) is 5.76. The zero-order chi connectivity index (χ0) is 24.8. The molecule has 0 aliphatic heterocycles. The molecule has 0 bridgehead atoms. The summed E-state index contributed by atoms with van der Waals surface area (Å²) in [4.78, 5) is 29.7. The van der Waals surface area contributed by atoms with Crippen molar-refractivity contribution in [2.75, 3.05) is 5.32 Å². The van der Waals surface area contributed by atoms with Crippen molar-refractivity contribution in [1.82, 2.24) is 10.3 Å². The van der Waals surface area contributed by atoms with E-state index in [9.17, 15) is 9.59 Å². The molecular formula is C28H28N4O3. The molecule has 4 aromatic rings. The molecule has 0 saturated heterocycles. The van der Waals surface area contributed by atoms with Gasteiger partial charge in [-0.05, 0) is 42.3 Å². The van der Waals surface area contributed by atoms with Gasteiger partial charge in [0.15, 0.2) is 0 Å². The van der Waals surface area contributed by atoms with Crippen LogP contribution in [-0.2, 0) is 11.3 Å². The number of amides is 2. The van der Waals surface area contributed by atoms with Crippen LogP contribution in [0.25, 0.3) is 10.9 Å². The molecule has 3 aromatic carbocycles. The molecule has 0 aliphatic rings. The van der Waals surface area contributed by atoms with E-state index in [1.54, 1.807) is 18.2 Å². The van der Waals surface area contributed by atoms with E-state index in [4.69, 9.17) is 10.5 Å². The van der Waals surface area contributed by atoms with E-state index in [1.165, 1.54) is 0 Å². The van der Waals surface area contributed by atoms with Crippen LogP contribution in [0.1, 0.15) is 29.9 Å². The SMILES string of the molecule is CC(C)C(Nc1cc(CNC(=O)c2ccccc2Oc2ccccc2)nc2ccccc12)C(N)=O. The topological polar surface area (TPSA) is 106 Å². The molecule has 1 heterocycles. The van der Waals surface area contributed by atoms with Crippen molar-refractivity contribution >= 4 is 28.4 Å². The van der Waals surface area contributed by atoms with Crippen LogP contribution in [0.15, 0.2) is 84.9 Å². The van der Waals surface area contributed by atoms with E-state index >= 15 is 0 Å². The summed E-state index contributed by atoms with van der Waals surface area (Å²) in [7, 11) is 0. The van der Waals surface area contributed by atoms with Crippen molar-refractivity contribution in [1.29, 1.82) is 0 Å². The van der Waals surface area contributed by atoms with Crippen molar-refractivity contribution in [3.05, 3.63) is 96.2 Å². The Morgan fingerprint density at radius 3 is 2.37 bits per heavy atom. The summed E-state index contributed by atoms with van der Waals surface area (Å²) in [5.41, 5.74) is 8.17. The molecule has 0 fully saturated rings. The molecule has 4 rings (SSSR count). The molecular weight excluding hydrogens is 440 g/mol. The number of nitrogens with zero attached hydrogens (tertiary/aromatic N) is 1. The Balaban J connectivity index is 1.56. The lowest BCUT2D eigenvalue weighted by atomic mass is 10.0. The number of benzene rings is 3. The molecule has 4 N–H and O–H groups in total. The number of hydrogen-bond acceptors (Lipinski definition) is 5. The van der Waals surface area contributed by atoms with Crippen LogP contribution in [-0.4, -0.2) is 22.8 Å². The standard InChI is InChI=1S/C28H28N4O3/c1-18(2)26(27(29)33)32-24-16-19(31-23-14-8-6-12-21(23)24)17-30-28(34)22-13-7-9-15-25(22)35-20-10-4-3-5-11-20/h3-16,18,26H,17H2,1-2H3,(H2,29,33)(H,30,34)(H,31,32). The quantitative estimate of drug-likeness (QED) is 0.325. The zero-order valence-electron chi connectivity index (χ0n) is 19.7. The van der Waals surface area contributed by atoms with Crippen molar-refractivity contribution in [3.8, 4) is 11.5 Å². The largest absolute Gasteiger partial charge is 0.457 e. The minimum atomic E-state index is -0.537. The van der Waals surface area contributed by atoms with Gasteiger partial charge in [-0.3, -0.25) is 14.6 Å². The molecule has 7 heteroatoms. The maximum Gasteiger partial charge on any atom is 0.255 e. The molecule has 1 unspecified atom stereocenters. The Labute approximate surface area is 204 Å². The summed E-state index contributed by atoms with van der Waals surface area (Å²) in [6, 6.07) is 25.3. The van der Waals surface area contributed by atoms with Crippen molar-refractivity contribution in [3.63, 3.8) is 0 Å². The second-order valence-electron chi connectivity index (χ2n) is 8.54. The fourth-order valence-corrected chi connectivity index (χ4v) is 3.80. The maximum absolute atomic E-state index is 13.0. The Morgan fingerprint density at radius 1 is 0.943 bits per heavy atom. The predicted octanol–water partition coefficient (Wildman–Crippen LogP) is 4.88. The van der Waals surface area contributed by atoms with E-state index < -0.39 is 11.9 Å². The summed E-state index contributed by atoms with van der Waals surface area (Å²) < 4.78 is 5.92. The van der Waals surface area contributed by atoms with Crippen LogP contribution in [0.3, 0.4) is 0 Å². The fourth-order valence-electron chi connectivity index (χ4n) is 3.80. The molecule has 1 aromatic heterocycles. The van der Waals surface area contributed by atoms with E-state index in [0.717, 1.165) is 16.6 Å². The van der Waals surface area contributed by atoms with Gasteiger partial charge in [-0.2, -0.15) is 0 Å². The number of nitrogens with two attached hydrogens (primary N) is 1. The number of aromatic nitrogens is 1. The van der Waals surface area contributed by atoms with Gasteiger partial charge in [0.05, 0.1) is 23.3 Å². The Hall–Kier alpha value is -4.39. The zero-order valence-corrected chi connectivity index (χ0v) is 19.7. The summed E-state index contributed by atoms with van der Waals surface area (Å²) in [6.07, 6.45) is 0. The van der Waals surface area contributed by atoms with Crippen LogP contribution in [0.5, 0.6) is 11.5 Å². The highest BCUT2D eigenvalue weighted by Crippen LogP contribution is 2.27. The van der Waals surface area contributed by atoms with Crippen LogP contribution >= 0.6 is 0 Å². The lowest BCUT2D eigenvalue weighted by Gasteiger charge is -2.22. The molecule has 7 nitrogen and oxygen atoms in total. The molecule has 2 amide bonds. The van der Waals surface area contributed by atoms with E-state index in [1.807, 2.05) is 80.6 Å². The van der Waals surface area contributed by atoms with Gasteiger partial charge in [-0.1, -0.05) is 62.4 Å². The highest BCUT2D eigenvalue weighted by Gasteiger charge is 2.21. The summed E-state index contributed by atoms with van der Waals surface area (Å²) in [5.74, 6) is 0.410. The van der Waals surface area contributed by atoms with Crippen LogP contribution in [0.4, 0.5) is 5.69 Å².